The minimum Gasteiger partial charge on any atom is -0.394 e. The molecule has 1 saturated heterocycles. The Labute approximate surface area is 154 Å². The number of carbonyl (C=O) groups is 1. The van der Waals surface area contributed by atoms with Crippen LogP contribution in [0, 0.1) is 5.92 Å². The van der Waals surface area contributed by atoms with E-state index in [-0.39, 0.29) is 18.3 Å². The summed E-state index contributed by atoms with van der Waals surface area (Å²) in [5, 5.41) is 12.0. The number of aromatic nitrogens is 4. The van der Waals surface area contributed by atoms with Crippen molar-refractivity contribution in [3.05, 3.63) is 48.5 Å². The van der Waals surface area contributed by atoms with Gasteiger partial charge < -0.3 is 15.2 Å². The van der Waals surface area contributed by atoms with Gasteiger partial charge >= 0.3 is 0 Å². The minimum absolute atomic E-state index is 0.229. The third kappa shape index (κ3) is 3.04. The third-order valence-corrected chi connectivity index (χ3v) is 4.76. The number of hydrogen-bond donors (Lipinski definition) is 2. The molecule has 0 saturated carbocycles. The van der Waals surface area contributed by atoms with E-state index in [1.54, 1.807) is 31.2 Å². The molecule has 1 aromatic carbocycles. The Morgan fingerprint density at radius 3 is 2.78 bits per heavy atom. The topological polar surface area (TPSA) is 102 Å². The van der Waals surface area contributed by atoms with Crippen LogP contribution in [-0.4, -0.2) is 49.4 Å². The molecule has 8 nitrogen and oxygen atoms in total. The predicted octanol–water partition coefficient (Wildman–Crippen LogP) is 1.94. The number of hydrogen-bond acceptors (Lipinski definition) is 6. The molecule has 0 radical (unpaired) electrons. The van der Waals surface area contributed by atoms with Crippen molar-refractivity contribution in [1.29, 1.82) is 0 Å². The van der Waals surface area contributed by atoms with Crippen LogP contribution in [0.2, 0.25) is 0 Å². The van der Waals surface area contributed by atoms with E-state index in [2.05, 4.69) is 20.3 Å². The van der Waals surface area contributed by atoms with Crippen LogP contribution in [0.3, 0.4) is 0 Å². The molecule has 3 heterocycles. The summed E-state index contributed by atoms with van der Waals surface area (Å²) in [7, 11) is 0. The molecule has 9 heteroatoms. The number of fused-ring (bicyclic) bond motifs is 1. The number of benzene rings is 1. The molecule has 4 atom stereocenters. The average molecular weight is 371 g/mol. The van der Waals surface area contributed by atoms with Crippen LogP contribution in [0.5, 0.6) is 0 Å². The molecular weight excluding hydrogens is 353 g/mol. The van der Waals surface area contributed by atoms with Gasteiger partial charge in [0.15, 0.2) is 29.4 Å². The third-order valence-electron chi connectivity index (χ3n) is 4.76. The first-order valence-corrected chi connectivity index (χ1v) is 8.54. The monoisotopic (exact) mass is 371 g/mol. The van der Waals surface area contributed by atoms with Crippen molar-refractivity contribution in [2.75, 3.05) is 11.9 Å². The molecule has 3 aromatic rings. The summed E-state index contributed by atoms with van der Waals surface area (Å²) in [5.74, 6) is -0.566. The van der Waals surface area contributed by atoms with Crippen molar-refractivity contribution in [3.63, 3.8) is 0 Å². The van der Waals surface area contributed by atoms with Crippen LogP contribution in [0.1, 0.15) is 23.5 Å². The number of halogens is 1. The second-order valence-electron chi connectivity index (χ2n) is 6.42. The molecule has 4 rings (SSSR count). The summed E-state index contributed by atoms with van der Waals surface area (Å²) in [6.45, 7) is 1.42. The van der Waals surface area contributed by atoms with E-state index < -0.39 is 24.4 Å². The van der Waals surface area contributed by atoms with Crippen LogP contribution in [0.25, 0.3) is 11.2 Å². The van der Waals surface area contributed by atoms with E-state index in [9.17, 15) is 14.3 Å². The summed E-state index contributed by atoms with van der Waals surface area (Å²) >= 11 is 0. The van der Waals surface area contributed by atoms with Crippen molar-refractivity contribution in [1.82, 2.24) is 19.5 Å². The number of ether oxygens (including phenoxy) is 1. The van der Waals surface area contributed by atoms with Gasteiger partial charge in [0.2, 0.25) is 0 Å². The van der Waals surface area contributed by atoms with Crippen molar-refractivity contribution in [2.45, 2.75) is 25.4 Å². The minimum atomic E-state index is -1.32. The van der Waals surface area contributed by atoms with Crippen molar-refractivity contribution in [3.8, 4) is 0 Å². The fraction of sp³-hybridized carbons (Fsp3) is 0.333. The number of amides is 1. The van der Waals surface area contributed by atoms with Gasteiger partial charge in [-0.3, -0.25) is 9.36 Å². The molecule has 2 N–H and O–H groups in total. The van der Waals surface area contributed by atoms with Crippen LogP contribution in [-0.2, 0) is 4.74 Å². The quantitative estimate of drug-likeness (QED) is 0.727. The van der Waals surface area contributed by atoms with Gasteiger partial charge in [-0.1, -0.05) is 25.1 Å². The maximum atomic E-state index is 14.6. The van der Waals surface area contributed by atoms with E-state index >= 15 is 0 Å². The Balaban J connectivity index is 1.65. The van der Waals surface area contributed by atoms with Gasteiger partial charge in [0, 0.05) is 11.5 Å². The molecule has 0 bridgehead atoms. The van der Waals surface area contributed by atoms with Crippen LogP contribution < -0.4 is 5.32 Å². The zero-order chi connectivity index (χ0) is 19.0. The number of carbonyl (C=O) groups excluding carboxylic acids is 1. The molecule has 0 unspecified atom stereocenters. The van der Waals surface area contributed by atoms with Crippen LogP contribution in [0.4, 0.5) is 10.2 Å². The fourth-order valence-corrected chi connectivity index (χ4v) is 3.17. The molecule has 1 fully saturated rings. The van der Waals surface area contributed by atoms with E-state index in [4.69, 9.17) is 4.74 Å². The highest BCUT2D eigenvalue weighted by atomic mass is 19.1. The van der Waals surface area contributed by atoms with Gasteiger partial charge in [-0.25, -0.2) is 19.3 Å². The Bertz CT molecular complexity index is 964. The summed E-state index contributed by atoms with van der Waals surface area (Å²) in [4.78, 5) is 24.9. The Hall–Kier alpha value is -2.91. The highest BCUT2D eigenvalue weighted by Gasteiger charge is 2.43. The van der Waals surface area contributed by atoms with Gasteiger partial charge in [0.05, 0.1) is 19.0 Å². The highest BCUT2D eigenvalue weighted by Crippen LogP contribution is 2.37. The van der Waals surface area contributed by atoms with Gasteiger partial charge in [-0.2, -0.15) is 0 Å². The lowest BCUT2D eigenvalue weighted by Crippen LogP contribution is -2.21. The van der Waals surface area contributed by atoms with Crippen LogP contribution >= 0.6 is 0 Å². The van der Waals surface area contributed by atoms with E-state index in [1.165, 1.54) is 17.2 Å². The number of imidazole rings is 1. The molecule has 0 spiro atoms. The molecule has 0 aliphatic carbocycles. The van der Waals surface area contributed by atoms with E-state index in [0.717, 1.165) is 0 Å². The number of alkyl halides is 1. The summed E-state index contributed by atoms with van der Waals surface area (Å²) < 4.78 is 21.7. The fourth-order valence-electron chi connectivity index (χ4n) is 3.17. The molecular formula is C18H18FN5O3. The molecule has 27 heavy (non-hydrogen) atoms. The maximum absolute atomic E-state index is 14.6. The summed E-state index contributed by atoms with van der Waals surface area (Å²) in [5.41, 5.74) is 1.15. The first kappa shape index (κ1) is 17.5. The van der Waals surface area contributed by atoms with Gasteiger partial charge in [0.1, 0.15) is 6.33 Å². The molecule has 1 amide bonds. The second-order valence-corrected chi connectivity index (χ2v) is 6.42. The van der Waals surface area contributed by atoms with Crippen LogP contribution in [0.15, 0.2) is 43.0 Å². The smallest absolute Gasteiger partial charge is 0.256 e. The average Bonchev–Trinajstić information content (AvgIpc) is 3.25. The number of aliphatic hydroxyl groups is 1. The SMILES string of the molecule is C[C@H]1[C@H](F)[C@H](n2cnc3c(NC(=O)c4ccccc4)ncnc32)O[C@@H]1CO. The van der Waals surface area contributed by atoms with Crippen molar-refractivity contribution >= 4 is 22.9 Å². The maximum Gasteiger partial charge on any atom is 0.256 e. The zero-order valence-electron chi connectivity index (χ0n) is 14.5. The summed E-state index contributed by atoms with van der Waals surface area (Å²) in [6.07, 6.45) is -0.189. The standard InChI is InChI=1S/C18H18FN5O3/c1-10-12(7-25)27-18(13(10)19)24-9-22-14-15(20-8-21-16(14)24)23-17(26)11-5-3-2-4-6-11/h2-6,8-10,12-13,18,25H,7H2,1H3,(H,20,21,23,26)/t10-,12-,13+,18-/m1/s1. The number of aliphatic hydroxyl groups excluding tert-OH is 1. The lowest BCUT2D eigenvalue weighted by atomic mass is 10.0. The molecule has 140 valence electrons. The molecule has 2 aromatic heterocycles. The first-order valence-electron chi connectivity index (χ1n) is 8.54. The number of anilines is 1. The Morgan fingerprint density at radius 2 is 2.07 bits per heavy atom. The lowest BCUT2D eigenvalue weighted by Gasteiger charge is -2.15. The predicted molar refractivity (Wildman–Crippen MR) is 94.8 cm³/mol. The van der Waals surface area contributed by atoms with Crippen molar-refractivity contribution in [2.24, 2.45) is 5.92 Å². The molecule has 1 aliphatic rings. The van der Waals surface area contributed by atoms with E-state index in [1.807, 2.05) is 6.07 Å². The largest absolute Gasteiger partial charge is 0.394 e. The Kier molecular flexibility index (Phi) is 4.54. The van der Waals surface area contributed by atoms with Gasteiger partial charge in [-0.05, 0) is 12.1 Å². The highest BCUT2D eigenvalue weighted by molar-refractivity contribution is 6.06. The number of rotatable bonds is 4. The molecule has 1 aliphatic heterocycles. The first-order chi connectivity index (χ1) is 13.1. The number of nitrogens with zero attached hydrogens (tertiary/aromatic N) is 4. The summed E-state index contributed by atoms with van der Waals surface area (Å²) in [6, 6.07) is 8.70. The normalized spacial score (nSPS) is 25.0. The lowest BCUT2D eigenvalue weighted by molar-refractivity contribution is -0.0378. The van der Waals surface area contributed by atoms with Gasteiger partial charge in [-0.15, -0.1) is 0 Å². The Morgan fingerprint density at radius 1 is 1.30 bits per heavy atom. The van der Waals surface area contributed by atoms with E-state index in [0.29, 0.717) is 16.7 Å². The second kappa shape index (κ2) is 7.01. The number of nitrogens with one attached hydrogen (secondary N) is 1. The van der Waals surface area contributed by atoms with Gasteiger partial charge in [0.25, 0.3) is 5.91 Å². The zero-order valence-corrected chi connectivity index (χ0v) is 14.5. The van der Waals surface area contributed by atoms with Crippen molar-refractivity contribution < 1.29 is 19.0 Å².